The molecule has 0 aromatic heterocycles. The number of phenols is 1. The Bertz CT molecular complexity index is 1390. The molecule has 6 N–H and O–H groups in total. The fourth-order valence-corrected chi connectivity index (χ4v) is 4.03. The van der Waals surface area contributed by atoms with Gasteiger partial charge in [-0.25, -0.2) is 18.0 Å². The zero-order valence-corrected chi connectivity index (χ0v) is 20.5. The van der Waals surface area contributed by atoms with Gasteiger partial charge in [0.15, 0.2) is 0 Å². The molecule has 3 aromatic carbocycles. The topological polar surface area (TPSA) is 182 Å². The number of aromatic hydroxyl groups is 1. The van der Waals surface area contributed by atoms with Crippen LogP contribution in [0, 0.1) is 0 Å². The van der Waals surface area contributed by atoms with Crippen molar-refractivity contribution in [2.24, 2.45) is 0 Å². The minimum Gasteiger partial charge on any atom is -0.506 e. The number of carboxylic acid groups (broad SMARTS) is 2. The molecule has 196 valence electrons. The zero-order chi connectivity index (χ0) is 27.2. The van der Waals surface area contributed by atoms with Crippen LogP contribution >= 0.6 is 0 Å². The van der Waals surface area contributed by atoms with Gasteiger partial charge >= 0.3 is 11.9 Å². The van der Waals surface area contributed by atoms with Crippen molar-refractivity contribution in [1.82, 2.24) is 5.32 Å². The van der Waals surface area contributed by atoms with E-state index >= 15 is 0 Å². The number of aromatic carboxylic acids is 2. The molecule has 0 radical (unpaired) electrons. The van der Waals surface area contributed by atoms with E-state index in [4.69, 9.17) is 9.84 Å². The highest BCUT2D eigenvalue weighted by Crippen LogP contribution is 2.28. The van der Waals surface area contributed by atoms with E-state index in [1.807, 2.05) is 0 Å². The minimum atomic E-state index is -3.59. The lowest BCUT2D eigenvalue weighted by molar-refractivity contribution is 0.0651. The number of hydrogen-bond acceptors (Lipinski definition) is 8. The Morgan fingerprint density at radius 2 is 1.57 bits per heavy atom. The summed E-state index contributed by atoms with van der Waals surface area (Å²) in [6, 6.07) is 15.1. The van der Waals surface area contributed by atoms with Crippen molar-refractivity contribution >= 4 is 27.6 Å². The maximum Gasteiger partial charge on any atom is 0.336 e. The number of anilines is 1. The largest absolute Gasteiger partial charge is 0.506 e. The van der Waals surface area contributed by atoms with Crippen molar-refractivity contribution in [3.05, 3.63) is 77.4 Å². The number of ether oxygens (including phenoxy) is 1. The maximum absolute atomic E-state index is 11.4. The Labute approximate surface area is 213 Å². The monoisotopic (exact) mass is 530 g/mol. The average Bonchev–Trinajstić information content (AvgIpc) is 2.84. The van der Waals surface area contributed by atoms with E-state index < -0.39 is 28.1 Å². The van der Waals surface area contributed by atoms with Crippen LogP contribution in [-0.2, 0) is 10.0 Å². The first kappa shape index (κ1) is 27.5. The normalized spacial score (nSPS) is 12.1. The number of nitrogens with one attached hydrogen (secondary N) is 2. The summed E-state index contributed by atoms with van der Waals surface area (Å²) in [4.78, 5) is 22.6. The highest BCUT2D eigenvalue weighted by molar-refractivity contribution is 7.92. The van der Waals surface area contributed by atoms with Crippen LogP contribution in [0.2, 0.25) is 0 Å². The van der Waals surface area contributed by atoms with Gasteiger partial charge in [0, 0.05) is 13.1 Å². The van der Waals surface area contributed by atoms with E-state index in [2.05, 4.69) is 10.0 Å². The Morgan fingerprint density at radius 1 is 0.919 bits per heavy atom. The molecule has 0 saturated heterocycles. The molecule has 11 nitrogen and oxygen atoms in total. The van der Waals surface area contributed by atoms with Crippen LogP contribution in [0.5, 0.6) is 11.5 Å². The number of hydrogen-bond donors (Lipinski definition) is 6. The first-order valence-electron chi connectivity index (χ1n) is 11.0. The predicted molar refractivity (Wildman–Crippen MR) is 136 cm³/mol. The van der Waals surface area contributed by atoms with E-state index in [-0.39, 0.29) is 35.7 Å². The zero-order valence-electron chi connectivity index (χ0n) is 19.7. The van der Waals surface area contributed by atoms with Crippen molar-refractivity contribution in [2.45, 2.75) is 6.10 Å². The summed E-state index contributed by atoms with van der Waals surface area (Å²) in [6.45, 7) is 0.826. The molecule has 0 spiro atoms. The van der Waals surface area contributed by atoms with Crippen LogP contribution in [0.3, 0.4) is 0 Å². The minimum absolute atomic E-state index is 0.0251. The summed E-state index contributed by atoms with van der Waals surface area (Å²) in [6.07, 6.45) is 0.00134. The Morgan fingerprint density at radius 3 is 2.19 bits per heavy atom. The molecule has 3 rings (SSSR count). The van der Waals surface area contributed by atoms with Gasteiger partial charge in [-0.1, -0.05) is 24.3 Å². The second-order valence-electron chi connectivity index (χ2n) is 8.11. The van der Waals surface area contributed by atoms with Crippen molar-refractivity contribution in [3.63, 3.8) is 0 Å². The lowest BCUT2D eigenvalue weighted by Gasteiger charge is -2.15. The lowest BCUT2D eigenvalue weighted by atomic mass is 9.99. The summed E-state index contributed by atoms with van der Waals surface area (Å²) < 4.78 is 30.7. The number of carbonyl (C=O) groups is 2. The molecule has 0 aliphatic heterocycles. The number of phenolic OH excluding ortho intramolecular Hbond substituents is 1. The smallest absolute Gasteiger partial charge is 0.336 e. The number of benzene rings is 3. The Hall–Kier alpha value is -4.13. The third kappa shape index (κ3) is 7.67. The van der Waals surface area contributed by atoms with Crippen molar-refractivity contribution in [3.8, 4) is 22.6 Å². The van der Waals surface area contributed by atoms with Gasteiger partial charge in [-0.15, -0.1) is 0 Å². The van der Waals surface area contributed by atoms with Gasteiger partial charge in [-0.2, -0.15) is 0 Å². The molecule has 0 fully saturated rings. The quantitative estimate of drug-likeness (QED) is 0.150. The molecule has 0 unspecified atom stereocenters. The van der Waals surface area contributed by atoms with E-state index in [0.717, 1.165) is 6.26 Å². The molecule has 0 heterocycles. The third-order valence-electron chi connectivity index (χ3n) is 5.25. The second-order valence-corrected chi connectivity index (χ2v) is 9.86. The van der Waals surface area contributed by atoms with Crippen molar-refractivity contribution < 1.29 is 43.2 Å². The van der Waals surface area contributed by atoms with Gasteiger partial charge in [0.05, 0.1) is 29.2 Å². The van der Waals surface area contributed by atoms with Crippen LogP contribution in [0.25, 0.3) is 11.1 Å². The molecule has 12 heteroatoms. The van der Waals surface area contributed by atoms with Gasteiger partial charge in [0.2, 0.25) is 10.0 Å². The molecule has 37 heavy (non-hydrogen) atoms. The molecule has 3 aromatic rings. The summed E-state index contributed by atoms with van der Waals surface area (Å²) in [5, 5.41) is 41.6. The summed E-state index contributed by atoms with van der Waals surface area (Å²) in [5.74, 6) is -2.34. The number of aliphatic hydroxyl groups is 1. The van der Waals surface area contributed by atoms with Crippen LogP contribution < -0.4 is 14.8 Å². The highest BCUT2D eigenvalue weighted by atomic mass is 32.2. The maximum atomic E-state index is 11.4. The summed E-state index contributed by atoms with van der Waals surface area (Å²) in [7, 11) is -3.59. The summed E-state index contributed by atoms with van der Waals surface area (Å²) in [5.41, 5.74) is 1.04. The van der Waals surface area contributed by atoms with Crippen molar-refractivity contribution in [1.29, 1.82) is 0 Å². The second kappa shape index (κ2) is 11.7. The van der Waals surface area contributed by atoms with Crippen LogP contribution in [0.1, 0.15) is 32.4 Å². The Kier molecular flexibility index (Phi) is 8.71. The average molecular weight is 531 g/mol. The molecule has 0 amide bonds. The van der Waals surface area contributed by atoms with Crippen LogP contribution in [-0.4, -0.2) is 66.7 Å². The number of sulfonamides is 1. The van der Waals surface area contributed by atoms with Crippen molar-refractivity contribution in [2.75, 3.05) is 30.7 Å². The number of rotatable bonds is 12. The SMILES string of the molecule is CS(=O)(=O)Nc1cc([C@@H](O)CNCCOc2ccc(-c3ccc(C(=O)O)c(C(=O)O)c3)cc2)ccc1O. The number of aliphatic hydroxyl groups excluding tert-OH is 1. The standard InChI is InChI=1S/C25H26N2O9S/c1-37(34,35)27-21-13-17(5-9-22(21)28)23(29)14-26-10-11-36-18-6-2-15(3-7-18)16-4-8-19(24(30)31)20(12-16)25(32)33/h2-9,12-13,23,26-29H,10-11,14H2,1H3,(H,30,31)(H,32,33)/t23-/m0/s1. The molecular formula is C25H26N2O9S. The van der Waals surface area contributed by atoms with E-state index in [9.17, 15) is 33.3 Å². The van der Waals surface area contributed by atoms with Crippen LogP contribution in [0.4, 0.5) is 5.69 Å². The van der Waals surface area contributed by atoms with E-state index in [1.54, 1.807) is 24.3 Å². The fraction of sp³-hybridized carbons (Fsp3) is 0.200. The van der Waals surface area contributed by atoms with Gasteiger partial charge in [0.25, 0.3) is 0 Å². The molecule has 0 saturated carbocycles. The lowest BCUT2D eigenvalue weighted by Crippen LogP contribution is -2.26. The highest BCUT2D eigenvalue weighted by Gasteiger charge is 2.17. The molecule has 1 atom stereocenters. The number of carboxylic acids is 2. The summed E-state index contributed by atoms with van der Waals surface area (Å²) >= 11 is 0. The molecular weight excluding hydrogens is 504 g/mol. The Balaban J connectivity index is 1.51. The van der Waals surface area contributed by atoms with E-state index in [1.165, 1.54) is 36.4 Å². The first-order chi connectivity index (χ1) is 17.4. The predicted octanol–water partition coefficient (Wildman–Crippen LogP) is 2.53. The first-order valence-corrected chi connectivity index (χ1v) is 12.9. The fourth-order valence-electron chi connectivity index (χ4n) is 3.47. The third-order valence-corrected chi connectivity index (χ3v) is 5.84. The molecule has 0 aliphatic carbocycles. The van der Waals surface area contributed by atoms with Gasteiger partial charge in [-0.05, 0) is 53.1 Å². The van der Waals surface area contributed by atoms with Gasteiger partial charge < -0.3 is 30.5 Å². The molecule has 0 bridgehead atoms. The van der Waals surface area contributed by atoms with Gasteiger partial charge in [0.1, 0.15) is 18.1 Å². The molecule has 0 aliphatic rings. The van der Waals surface area contributed by atoms with Crippen LogP contribution in [0.15, 0.2) is 60.7 Å². The van der Waals surface area contributed by atoms with Gasteiger partial charge in [-0.3, -0.25) is 4.72 Å². The van der Waals surface area contributed by atoms with E-state index in [0.29, 0.717) is 29.0 Å².